The van der Waals surface area contributed by atoms with E-state index in [1.54, 1.807) is 25.2 Å². The summed E-state index contributed by atoms with van der Waals surface area (Å²) in [5, 5.41) is 6.40. The lowest BCUT2D eigenvalue weighted by Crippen LogP contribution is -2.40. The van der Waals surface area contributed by atoms with Gasteiger partial charge < -0.3 is 15.5 Å². The van der Waals surface area contributed by atoms with Crippen LogP contribution in [0.5, 0.6) is 0 Å². The SMILES string of the molecule is CNC(=O)NCc1cccc2c1CCN(C(=O)Cc1c(Cl)cccc1Cl)[C@H]2C. The van der Waals surface area contributed by atoms with E-state index < -0.39 is 0 Å². The molecular formula is C21H23Cl2N3O2. The van der Waals surface area contributed by atoms with Crippen molar-refractivity contribution in [3.63, 3.8) is 0 Å². The van der Waals surface area contributed by atoms with Crippen LogP contribution in [-0.4, -0.2) is 30.4 Å². The van der Waals surface area contributed by atoms with Gasteiger partial charge in [-0.2, -0.15) is 0 Å². The van der Waals surface area contributed by atoms with Gasteiger partial charge >= 0.3 is 6.03 Å². The van der Waals surface area contributed by atoms with Gasteiger partial charge in [-0.05, 0) is 47.7 Å². The van der Waals surface area contributed by atoms with Gasteiger partial charge in [-0.1, -0.05) is 47.5 Å². The number of urea groups is 1. The van der Waals surface area contributed by atoms with Crippen molar-refractivity contribution in [1.29, 1.82) is 0 Å². The molecular weight excluding hydrogens is 397 g/mol. The van der Waals surface area contributed by atoms with Crippen LogP contribution in [0.15, 0.2) is 36.4 Å². The number of hydrogen-bond acceptors (Lipinski definition) is 2. The van der Waals surface area contributed by atoms with E-state index in [1.165, 1.54) is 5.56 Å². The lowest BCUT2D eigenvalue weighted by molar-refractivity contribution is -0.133. The van der Waals surface area contributed by atoms with Gasteiger partial charge in [-0.25, -0.2) is 4.79 Å². The summed E-state index contributed by atoms with van der Waals surface area (Å²) in [4.78, 5) is 26.3. The van der Waals surface area contributed by atoms with Crippen LogP contribution in [0, 0.1) is 0 Å². The monoisotopic (exact) mass is 419 g/mol. The van der Waals surface area contributed by atoms with Gasteiger partial charge in [0.05, 0.1) is 12.5 Å². The predicted octanol–water partition coefficient (Wildman–Crippen LogP) is 4.11. The number of carbonyl (C=O) groups is 2. The van der Waals surface area contributed by atoms with Crippen molar-refractivity contribution in [2.24, 2.45) is 0 Å². The molecule has 5 nitrogen and oxygen atoms in total. The number of hydrogen-bond donors (Lipinski definition) is 2. The first-order valence-corrected chi connectivity index (χ1v) is 9.96. The van der Waals surface area contributed by atoms with Gasteiger partial charge in [0.15, 0.2) is 0 Å². The zero-order valence-corrected chi connectivity index (χ0v) is 17.4. The molecule has 0 fully saturated rings. The molecule has 0 saturated carbocycles. The van der Waals surface area contributed by atoms with Crippen molar-refractivity contribution >= 4 is 35.1 Å². The minimum absolute atomic E-state index is 0.00189. The Kier molecular flexibility index (Phi) is 6.47. The Balaban J connectivity index is 1.78. The van der Waals surface area contributed by atoms with Crippen molar-refractivity contribution in [3.05, 3.63) is 68.7 Å². The smallest absolute Gasteiger partial charge is 0.314 e. The number of nitrogens with zero attached hydrogens (tertiary/aromatic N) is 1. The van der Waals surface area contributed by atoms with Crippen molar-refractivity contribution in [3.8, 4) is 0 Å². The molecule has 2 aromatic carbocycles. The Morgan fingerprint density at radius 1 is 1.14 bits per heavy atom. The third kappa shape index (κ3) is 4.26. The first-order chi connectivity index (χ1) is 13.4. The van der Waals surface area contributed by atoms with Gasteiger partial charge in [0.2, 0.25) is 5.91 Å². The minimum atomic E-state index is -0.213. The molecule has 0 radical (unpaired) electrons. The molecule has 148 valence electrons. The molecule has 2 aromatic rings. The molecule has 1 aliphatic heterocycles. The van der Waals surface area contributed by atoms with E-state index in [2.05, 4.69) is 10.6 Å². The Morgan fingerprint density at radius 3 is 2.50 bits per heavy atom. The van der Waals surface area contributed by atoms with E-state index in [-0.39, 0.29) is 24.4 Å². The summed E-state index contributed by atoms with van der Waals surface area (Å²) >= 11 is 12.5. The predicted molar refractivity (Wildman–Crippen MR) is 112 cm³/mol. The summed E-state index contributed by atoms with van der Waals surface area (Å²) < 4.78 is 0. The van der Waals surface area contributed by atoms with E-state index in [0.717, 1.165) is 17.5 Å². The van der Waals surface area contributed by atoms with Crippen LogP contribution in [0.25, 0.3) is 0 Å². The first-order valence-electron chi connectivity index (χ1n) is 9.21. The molecule has 0 aromatic heterocycles. The van der Waals surface area contributed by atoms with Crippen molar-refractivity contribution in [1.82, 2.24) is 15.5 Å². The van der Waals surface area contributed by atoms with Crippen LogP contribution in [0.4, 0.5) is 4.79 Å². The largest absolute Gasteiger partial charge is 0.341 e. The molecule has 2 N–H and O–H groups in total. The second kappa shape index (κ2) is 8.84. The van der Waals surface area contributed by atoms with E-state index in [0.29, 0.717) is 28.7 Å². The van der Waals surface area contributed by atoms with Crippen LogP contribution in [0.2, 0.25) is 10.0 Å². The van der Waals surface area contributed by atoms with Crippen LogP contribution in [0.1, 0.15) is 35.2 Å². The molecule has 1 heterocycles. The standard InChI is InChI=1S/C21H23Cl2N3O2/c1-13-15-6-3-5-14(12-25-21(28)24-2)16(15)9-10-26(13)20(27)11-17-18(22)7-4-8-19(17)23/h3-8,13H,9-12H2,1-2H3,(H2,24,25,28)/t13-/m0/s1. The Labute approximate surface area is 175 Å². The fraction of sp³-hybridized carbons (Fsp3) is 0.333. The maximum absolute atomic E-state index is 13.0. The highest BCUT2D eigenvalue weighted by atomic mass is 35.5. The summed E-state index contributed by atoms with van der Waals surface area (Å²) in [6.45, 7) is 3.10. The number of benzene rings is 2. The molecule has 1 atom stereocenters. The topological polar surface area (TPSA) is 61.4 Å². The molecule has 0 unspecified atom stereocenters. The number of rotatable bonds is 4. The molecule has 3 amide bonds. The van der Waals surface area contributed by atoms with E-state index in [1.807, 2.05) is 30.0 Å². The second-order valence-corrected chi connectivity index (χ2v) is 7.62. The molecule has 28 heavy (non-hydrogen) atoms. The zero-order valence-electron chi connectivity index (χ0n) is 15.9. The lowest BCUT2D eigenvalue weighted by atomic mass is 9.89. The van der Waals surface area contributed by atoms with Gasteiger partial charge in [0.25, 0.3) is 0 Å². The van der Waals surface area contributed by atoms with Crippen molar-refractivity contribution in [2.75, 3.05) is 13.6 Å². The molecule has 0 aliphatic carbocycles. The summed E-state index contributed by atoms with van der Waals surface area (Å²) in [5.41, 5.74) is 4.05. The second-order valence-electron chi connectivity index (χ2n) is 6.81. The molecule has 0 saturated heterocycles. The van der Waals surface area contributed by atoms with Crippen LogP contribution in [-0.2, 0) is 24.2 Å². The lowest BCUT2D eigenvalue weighted by Gasteiger charge is -2.36. The highest BCUT2D eigenvalue weighted by molar-refractivity contribution is 6.36. The molecule has 0 bridgehead atoms. The highest BCUT2D eigenvalue weighted by Gasteiger charge is 2.29. The summed E-state index contributed by atoms with van der Waals surface area (Å²) in [6.07, 6.45) is 0.920. The van der Waals surface area contributed by atoms with Gasteiger partial charge in [0, 0.05) is 30.2 Å². The third-order valence-corrected chi connectivity index (χ3v) is 5.91. The Bertz CT molecular complexity index is 881. The number of nitrogens with one attached hydrogen (secondary N) is 2. The Hall–Kier alpha value is -2.24. The molecule has 3 rings (SSSR count). The average molecular weight is 420 g/mol. The number of amides is 3. The number of halogens is 2. The third-order valence-electron chi connectivity index (χ3n) is 5.21. The normalized spacial score (nSPS) is 15.7. The van der Waals surface area contributed by atoms with Crippen LogP contribution < -0.4 is 10.6 Å². The van der Waals surface area contributed by atoms with Crippen LogP contribution in [0.3, 0.4) is 0 Å². The quantitative estimate of drug-likeness (QED) is 0.782. The number of carbonyl (C=O) groups excluding carboxylic acids is 2. The molecule has 1 aliphatic rings. The Morgan fingerprint density at radius 2 is 1.82 bits per heavy atom. The summed E-state index contributed by atoms with van der Waals surface area (Å²) in [7, 11) is 1.59. The average Bonchev–Trinajstić information content (AvgIpc) is 2.69. The van der Waals surface area contributed by atoms with Gasteiger partial charge in [0.1, 0.15) is 0 Å². The van der Waals surface area contributed by atoms with Gasteiger partial charge in [-0.15, -0.1) is 0 Å². The van der Waals surface area contributed by atoms with Crippen molar-refractivity contribution < 1.29 is 9.59 Å². The number of fused-ring (bicyclic) bond motifs is 1. The van der Waals surface area contributed by atoms with E-state index in [4.69, 9.17) is 23.2 Å². The highest BCUT2D eigenvalue weighted by Crippen LogP contribution is 2.33. The van der Waals surface area contributed by atoms with Crippen molar-refractivity contribution in [2.45, 2.75) is 32.4 Å². The molecule has 7 heteroatoms. The van der Waals surface area contributed by atoms with Crippen LogP contribution >= 0.6 is 23.2 Å². The first kappa shape index (κ1) is 20.5. The molecule has 0 spiro atoms. The van der Waals surface area contributed by atoms with Gasteiger partial charge in [-0.3, -0.25) is 4.79 Å². The van der Waals surface area contributed by atoms with E-state index in [9.17, 15) is 9.59 Å². The summed E-state index contributed by atoms with van der Waals surface area (Å²) in [5.74, 6) is 0.00189. The fourth-order valence-electron chi connectivity index (χ4n) is 3.67. The zero-order chi connectivity index (χ0) is 20.3. The maximum atomic E-state index is 13.0. The van der Waals surface area contributed by atoms with E-state index >= 15 is 0 Å². The minimum Gasteiger partial charge on any atom is -0.341 e. The summed E-state index contributed by atoms with van der Waals surface area (Å²) in [6, 6.07) is 11.0. The maximum Gasteiger partial charge on any atom is 0.314 e. The fourth-order valence-corrected chi connectivity index (χ4v) is 4.20.